The number of hydrogen-bond donors (Lipinski definition) is 1. The second-order valence-electron chi connectivity index (χ2n) is 3.66. The Bertz CT molecular complexity index is 470. The van der Waals surface area contributed by atoms with E-state index in [1.807, 2.05) is 18.3 Å². The molecule has 2 heteroatoms. The predicted molar refractivity (Wildman–Crippen MR) is 51.1 cm³/mol. The molecular formula is C11H11NO. The molecule has 3 rings (SSSR count). The lowest BCUT2D eigenvalue weighted by Gasteiger charge is -2.10. The van der Waals surface area contributed by atoms with Crippen molar-refractivity contribution >= 4 is 10.9 Å². The maximum absolute atomic E-state index is 9.59. The van der Waals surface area contributed by atoms with Gasteiger partial charge in [-0.1, -0.05) is 12.1 Å². The van der Waals surface area contributed by atoms with E-state index in [9.17, 15) is 5.21 Å². The van der Waals surface area contributed by atoms with Crippen molar-refractivity contribution in [1.29, 1.82) is 0 Å². The highest BCUT2D eigenvalue weighted by atomic mass is 16.5. The van der Waals surface area contributed by atoms with Crippen LogP contribution in [0.2, 0.25) is 0 Å². The Kier molecular flexibility index (Phi) is 1.23. The van der Waals surface area contributed by atoms with Crippen molar-refractivity contribution in [3.63, 3.8) is 0 Å². The Balaban J connectivity index is 2.51. The predicted octanol–water partition coefficient (Wildman–Crippen LogP) is 2.37. The first-order valence-electron chi connectivity index (χ1n) is 4.67. The minimum absolute atomic E-state index is 0.951. The van der Waals surface area contributed by atoms with Gasteiger partial charge in [0.25, 0.3) is 0 Å². The fourth-order valence-electron chi connectivity index (χ4n) is 2.30. The molecule has 13 heavy (non-hydrogen) atoms. The quantitative estimate of drug-likeness (QED) is 0.608. The summed E-state index contributed by atoms with van der Waals surface area (Å²) in [5.41, 5.74) is 3.62. The van der Waals surface area contributed by atoms with Crippen molar-refractivity contribution in [2.45, 2.75) is 19.3 Å². The molecule has 1 N–H and O–H groups in total. The standard InChI is InChI=1S/C11H11NO/c13-12-7-9-5-1-3-8-4-2-6-10(12)11(8)9/h2,4,6-7,13H,1,3,5H2. The fraction of sp³-hybridized carbons (Fsp3) is 0.273. The normalized spacial score (nSPS) is 15.1. The second-order valence-corrected chi connectivity index (χ2v) is 3.66. The lowest BCUT2D eigenvalue weighted by molar-refractivity contribution is 0.199. The van der Waals surface area contributed by atoms with Gasteiger partial charge in [-0.15, -0.1) is 0 Å². The summed E-state index contributed by atoms with van der Waals surface area (Å²) in [6.07, 6.45) is 5.29. The van der Waals surface area contributed by atoms with E-state index < -0.39 is 0 Å². The van der Waals surface area contributed by atoms with Crippen LogP contribution in [0, 0.1) is 0 Å². The number of aryl methyl sites for hydroxylation is 2. The first-order chi connectivity index (χ1) is 6.36. The van der Waals surface area contributed by atoms with Crippen molar-refractivity contribution in [3.05, 3.63) is 35.5 Å². The zero-order valence-corrected chi connectivity index (χ0v) is 7.33. The Labute approximate surface area is 76.4 Å². The summed E-state index contributed by atoms with van der Waals surface area (Å²) in [4.78, 5) is 0. The second kappa shape index (κ2) is 2.28. The molecule has 2 aromatic rings. The molecule has 0 atom stereocenters. The molecule has 2 nitrogen and oxygen atoms in total. The van der Waals surface area contributed by atoms with E-state index in [1.54, 1.807) is 0 Å². The summed E-state index contributed by atoms with van der Waals surface area (Å²) in [5.74, 6) is 0. The summed E-state index contributed by atoms with van der Waals surface area (Å²) in [5, 5.41) is 10.9. The van der Waals surface area contributed by atoms with E-state index in [4.69, 9.17) is 0 Å². The van der Waals surface area contributed by atoms with Crippen LogP contribution >= 0.6 is 0 Å². The van der Waals surface area contributed by atoms with Crippen LogP contribution in [0.1, 0.15) is 17.5 Å². The molecule has 1 aromatic carbocycles. The summed E-state index contributed by atoms with van der Waals surface area (Å²) < 4.78 is 1.25. The molecule has 1 heterocycles. The average molecular weight is 173 g/mol. The fourth-order valence-corrected chi connectivity index (χ4v) is 2.30. The zero-order valence-electron chi connectivity index (χ0n) is 7.33. The lowest BCUT2D eigenvalue weighted by atomic mass is 9.93. The minimum Gasteiger partial charge on any atom is -0.428 e. The topological polar surface area (TPSA) is 25.2 Å². The summed E-state index contributed by atoms with van der Waals surface area (Å²) >= 11 is 0. The summed E-state index contributed by atoms with van der Waals surface area (Å²) in [7, 11) is 0. The maximum Gasteiger partial charge on any atom is 0.0871 e. The van der Waals surface area contributed by atoms with Crippen molar-refractivity contribution < 1.29 is 5.21 Å². The van der Waals surface area contributed by atoms with Crippen molar-refractivity contribution in [2.24, 2.45) is 0 Å². The highest BCUT2D eigenvalue weighted by Crippen LogP contribution is 2.30. The molecule has 0 amide bonds. The highest BCUT2D eigenvalue weighted by molar-refractivity contribution is 5.87. The van der Waals surface area contributed by atoms with Gasteiger partial charge in [0.1, 0.15) is 0 Å². The molecule has 1 aliphatic carbocycles. The van der Waals surface area contributed by atoms with Gasteiger partial charge in [0.15, 0.2) is 0 Å². The largest absolute Gasteiger partial charge is 0.428 e. The van der Waals surface area contributed by atoms with Gasteiger partial charge in [0.05, 0.1) is 5.52 Å². The SMILES string of the molecule is On1cc2c3c(cccc31)CCC2. The Morgan fingerprint density at radius 2 is 2.00 bits per heavy atom. The monoisotopic (exact) mass is 173 g/mol. The van der Waals surface area contributed by atoms with Crippen LogP contribution in [0.5, 0.6) is 0 Å². The van der Waals surface area contributed by atoms with Gasteiger partial charge in [-0.3, -0.25) is 0 Å². The molecule has 66 valence electrons. The molecule has 1 aliphatic rings. The molecule has 0 saturated carbocycles. The first-order valence-corrected chi connectivity index (χ1v) is 4.67. The molecule has 0 spiro atoms. The summed E-state index contributed by atoms with van der Waals surface area (Å²) in [6.45, 7) is 0. The Morgan fingerprint density at radius 1 is 1.15 bits per heavy atom. The van der Waals surface area contributed by atoms with E-state index >= 15 is 0 Å². The molecule has 0 saturated heterocycles. The Morgan fingerprint density at radius 3 is 2.92 bits per heavy atom. The average Bonchev–Trinajstić information content (AvgIpc) is 2.47. The molecule has 0 unspecified atom stereocenters. The van der Waals surface area contributed by atoms with Gasteiger partial charge in [-0.25, -0.2) is 0 Å². The highest BCUT2D eigenvalue weighted by Gasteiger charge is 2.15. The van der Waals surface area contributed by atoms with Crippen molar-refractivity contribution in [3.8, 4) is 0 Å². The number of rotatable bonds is 0. The minimum atomic E-state index is 0.951. The van der Waals surface area contributed by atoms with E-state index in [1.165, 1.54) is 27.7 Å². The zero-order chi connectivity index (χ0) is 8.84. The van der Waals surface area contributed by atoms with Crippen LogP contribution in [0.4, 0.5) is 0 Å². The van der Waals surface area contributed by atoms with E-state index in [2.05, 4.69) is 6.07 Å². The number of nitrogens with zero attached hydrogens (tertiary/aromatic N) is 1. The number of hydrogen-bond acceptors (Lipinski definition) is 1. The van der Waals surface area contributed by atoms with Crippen molar-refractivity contribution in [1.82, 2.24) is 4.73 Å². The van der Waals surface area contributed by atoms with E-state index in [0.717, 1.165) is 18.4 Å². The van der Waals surface area contributed by atoms with Gasteiger partial charge in [-0.05, 0) is 36.5 Å². The van der Waals surface area contributed by atoms with E-state index in [-0.39, 0.29) is 0 Å². The van der Waals surface area contributed by atoms with Crippen LogP contribution in [0.3, 0.4) is 0 Å². The lowest BCUT2D eigenvalue weighted by Crippen LogP contribution is -1.97. The third kappa shape index (κ3) is 0.829. The van der Waals surface area contributed by atoms with Gasteiger partial charge < -0.3 is 5.21 Å². The molecule has 1 aromatic heterocycles. The maximum atomic E-state index is 9.59. The van der Waals surface area contributed by atoms with Crippen LogP contribution in [0.25, 0.3) is 10.9 Å². The first kappa shape index (κ1) is 7.01. The van der Waals surface area contributed by atoms with Crippen LogP contribution in [-0.2, 0) is 12.8 Å². The van der Waals surface area contributed by atoms with Gasteiger partial charge in [0.2, 0.25) is 0 Å². The molecular weight excluding hydrogens is 162 g/mol. The van der Waals surface area contributed by atoms with Gasteiger partial charge in [0, 0.05) is 11.6 Å². The van der Waals surface area contributed by atoms with Crippen LogP contribution in [0.15, 0.2) is 24.4 Å². The van der Waals surface area contributed by atoms with Gasteiger partial charge in [-0.2, -0.15) is 4.73 Å². The third-order valence-electron chi connectivity index (χ3n) is 2.87. The number of aromatic nitrogens is 1. The van der Waals surface area contributed by atoms with Crippen LogP contribution < -0.4 is 0 Å². The number of benzene rings is 1. The van der Waals surface area contributed by atoms with E-state index in [0.29, 0.717) is 0 Å². The summed E-state index contributed by atoms with van der Waals surface area (Å²) in [6, 6.07) is 6.14. The van der Waals surface area contributed by atoms with Crippen molar-refractivity contribution in [2.75, 3.05) is 0 Å². The Hall–Kier alpha value is -1.44. The van der Waals surface area contributed by atoms with Gasteiger partial charge >= 0.3 is 0 Å². The molecule has 0 bridgehead atoms. The molecule has 0 fully saturated rings. The third-order valence-corrected chi connectivity index (χ3v) is 2.87. The van der Waals surface area contributed by atoms with Crippen LogP contribution in [-0.4, -0.2) is 9.94 Å². The molecule has 0 radical (unpaired) electrons. The molecule has 0 aliphatic heterocycles. The smallest absolute Gasteiger partial charge is 0.0871 e.